The van der Waals surface area contributed by atoms with Crippen LogP contribution in [0.3, 0.4) is 0 Å². The number of nitrogens with zero attached hydrogens (tertiary/aromatic N) is 4. The summed E-state index contributed by atoms with van der Waals surface area (Å²) < 4.78 is 5.44. The molecule has 0 aliphatic carbocycles. The minimum absolute atomic E-state index is 0.260. The van der Waals surface area contributed by atoms with E-state index >= 15 is 0 Å². The predicted molar refractivity (Wildman–Crippen MR) is 82.3 cm³/mol. The number of rotatable bonds is 4. The Balaban J connectivity index is 1.90. The molecule has 0 amide bonds. The van der Waals surface area contributed by atoms with Crippen molar-refractivity contribution in [3.63, 3.8) is 0 Å². The molecule has 110 valence electrons. The fourth-order valence-corrected chi connectivity index (χ4v) is 2.44. The van der Waals surface area contributed by atoms with Crippen LogP contribution in [0.25, 0.3) is 11.4 Å². The van der Waals surface area contributed by atoms with Crippen molar-refractivity contribution in [1.82, 2.24) is 15.0 Å². The van der Waals surface area contributed by atoms with Gasteiger partial charge in [-0.2, -0.15) is 15.0 Å². The molecule has 1 saturated heterocycles. The lowest BCUT2D eigenvalue weighted by atomic mass is 10.2. The van der Waals surface area contributed by atoms with Crippen molar-refractivity contribution in [3.8, 4) is 17.1 Å². The van der Waals surface area contributed by atoms with E-state index in [0.29, 0.717) is 18.4 Å². The zero-order valence-electron chi connectivity index (χ0n) is 12.1. The first kappa shape index (κ1) is 13.6. The Morgan fingerprint density at radius 1 is 1.10 bits per heavy atom. The highest BCUT2D eigenvalue weighted by atomic mass is 16.5. The van der Waals surface area contributed by atoms with E-state index in [1.54, 1.807) is 0 Å². The van der Waals surface area contributed by atoms with E-state index in [-0.39, 0.29) is 5.95 Å². The lowest BCUT2D eigenvalue weighted by Crippen LogP contribution is -2.21. The van der Waals surface area contributed by atoms with E-state index in [4.69, 9.17) is 10.5 Å². The Morgan fingerprint density at radius 2 is 1.81 bits per heavy atom. The third-order valence-electron chi connectivity index (χ3n) is 3.45. The van der Waals surface area contributed by atoms with Crippen LogP contribution in [0.1, 0.15) is 19.8 Å². The molecule has 2 N–H and O–H groups in total. The number of nitrogen functional groups attached to an aromatic ring is 1. The minimum Gasteiger partial charge on any atom is -0.494 e. The Morgan fingerprint density at radius 3 is 2.48 bits per heavy atom. The molecule has 1 aromatic carbocycles. The summed E-state index contributed by atoms with van der Waals surface area (Å²) in [5, 5.41) is 0. The maximum atomic E-state index is 5.83. The zero-order valence-corrected chi connectivity index (χ0v) is 12.1. The monoisotopic (exact) mass is 285 g/mol. The molecule has 6 heteroatoms. The molecule has 21 heavy (non-hydrogen) atoms. The van der Waals surface area contributed by atoms with Gasteiger partial charge in [-0.1, -0.05) is 0 Å². The van der Waals surface area contributed by atoms with Crippen molar-refractivity contribution in [2.24, 2.45) is 0 Å². The second kappa shape index (κ2) is 5.95. The van der Waals surface area contributed by atoms with Crippen LogP contribution in [0.15, 0.2) is 24.3 Å². The first-order valence-corrected chi connectivity index (χ1v) is 7.26. The minimum atomic E-state index is 0.260. The molecule has 0 bridgehead atoms. The van der Waals surface area contributed by atoms with Crippen LogP contribution in [-0.4, -0.2) is 34.6 Å². The van der Waals surface area contributed by atoms with Gasteiger partial charge in [0.15, 0.2) is 5.82 Å². The number of ether oxygens (including phenoxy) is 1. The maximum Gasteiger partial charge on any atom is 0.230 e. The van der Waals surface area contributed by atoms with Gasteiger partial charge in [-0.05, 0) is 44.0 Å². The smallest absolute Gasteiger partial charge is 0.230 e. The fraction of sp³-hybridized carbons (Fsp3) is 0.400. The summed E-state index contributed by atoms with van der Waals surface area (Å²) in [6, 6.07) is 7.70. The third kappa shape index (κ3) is 3.04. The van der Waals surface area contributed by atoms with Crippen LogP contribution in [0.2, 0.25) is 0 Å². The van der Waals surface area contributed by atoms with E-state index in [2.05, 4.69) is 19.9 Å². The number of hydrogen-bond donors (Lipinski definition) is 1. The second-order valence-electron chi connectivity index (χ2n) is 4.97. The van der Waals surface area contributed by atoms with Crippen molar-refractivity contribution >= 4 is 11.9 Å². The first-order chi connectivity index (χ1) is 10.3. The average molecular weight is 285 g/mol. The molecule has 2 aromatic rings. The summed E-state index contributed by atoms with van der Waals surface area (Å²) in [4.78, 5) is 15.2. The third-order valence-corrected chi connectivity index (χ3v) is 3.45. The zero-order chi connectivity index (χ0) is 14.7. The van der Waals surface area contributed by atoms with E-state index in [1.807, 2.05) is 31.2 Å². The van der Waals surface area contributed by atoms with E-state index in [0.717, 1.165) is 24.4 Å². The SMILES string of the molecule is CCOc1ccc(-c2nc(N)nc(N3CCCC3)n2)cc1. The molecule has 0 radical (unpaired) electrons. The second-order valence-corrected chi connectivity index (χ2v) is 4.97. The van der Waals surface area contributed by atoms with Crippen molar-refractivity contribution in [2.75, 3.05) is 30.3 Å². The summed E-state index contributed by atoms with van der Waals surface area (Å²) in [7, 11) is 0. The molecule has 1 aliphatic heterocycles. The predicted octanol–water partition coefficient (Wildman–Crippen LogP) is 2.12. The fourth-order valence-electron chi connectivity index (χ4n) is 2.44. The Bertz CT molecular complexity index is 608. The van der Waals surface area contributed by atoms with Crippen molar-refractivity contribution in [3.05, 3.63) is 24.3 Å². The maximum absolute atomic E-state index is 5.83. The normalized spacial score (nSPS) is 14.4. The summed E-state index contributed by atoms with van der Waals surface area (Å²) in [5.41, 5.74) is 6.74. The number of aromatic nitrogens is 3. The molecule has 0 spiro atoms. The average Bonchev–Trinajstić information content (AvgIpc) is 3.02. The largest absolute Gasteiger partial charge is 0.494 e. The molecule has 6 nitrogen and oxygen atoms in total. The summed E-state index contributed by atoms with van der Waals surface area (Å²) in [6.07, 6.45) is 2.34. The van der Waals surface area contributed by atoms with Crippen LogP contribution >= 0.6 is 0 Å². The molecular formula is C15H19N5O. The highest BCUT2D eigenvalue weighted by Gasteiger charge is 2.17. The molecule has 2 heterocycles. The highest BCUT2D eigenvalue weighted by Crippen LogP contribution is 2.23. The molecular weight excluding hydrogens is 266 g/mol. The topological polar surface area (TPSA) is 77.2 Å². The summed E-state index contributed by atoms with van der Waals surface area (Å²) >= 11 is 0. The Labute approximate surface area is 124 Å². The van der Waals surface area contributed by atoms with Gasteiger partial charge in [0.25, 0.3) is 0 Å². The standard InChI is InChI=1S/C15H19N5O/c1-2-21-12-7-5-11(6-8-12)13-17-14(16)19-15(18-13)20-9-3-4-10-20/h5-8H,2-4,9-10H2,1H3,(H2,16,17,18,19). The van der Waals surface area contributed by atoms with Gasteiger partial charge in [0.05, 0.1) is 6.61 Å². The van der Waals surface area contributed by atoms with Gasteiger partial charge in [0.1, 0.15) is 5.75 Å². The van der Waals surface area contributed by atoms with E-state index in [9.17, 15) is 0 Å². The lowest BCUT2D eigenvalue weighted by Gasteiger charge is -2.15. The van der Waals surface area contributed by atoms with Gasteiger partial charge in [0.2, 0.25) is 11.9 Å². The first-order valence-electron chi connectivity index (χ1n) is 7.26. The highest BCUT2D eigenvalue weighted by molar-refractivity contribution is 5.59. The Kier molecular flexibility index (Phi) is 3.85. The molecule has 0 unspecified atom stereocenters. The van der Waals surface area contributed by atoms with Gasteiger partial charge in [-0.15, -0.1) is 0 Å². The van der Waals surface area contributed by atoms with Crippen LogP contribution in [0, 0.1) is 0 Å². The van der Waals surface area contributed by atoms with Crippen LogP contribution in [0.5, 0.6) is 5.75 Å². The summed E-state index contributed by atoms with van der Waals surface area (Å²) in [5.74, 6) is 2.37. The van der Waals surface area contributed by atoms with E-state index < -0.39 is 0 Å². The van der Waals surface area contributed by atoms with Gasteiger partial charge < -0.3 is 15.4 Å². The molecule has 1 aliphatic rings. The lowest BCUT2D eigenvalue weighted by molar-refractivity contribution is 0.340. The van der Waals surface area contributed by atoms with Crippen molar-refractivity contribution in [2.45, 2.75) is 19.8 Å². The van der Waals surface area contributed by atoms with Gasteiger partial charge >= 0.3 is 0 Å². The molecule has 1 fully saturated rings. The van der Waals surface area contributed by atoms with Crippen molar-refractivity contribution in [1.29, 1.82) is 0 Å². The van der Waals surface area contributed by atoms with Crippen molar-refractivity contribution < 1.29 is 4.74 Å². The van der Waals surface area contributed by atoms with Gasteiger partial charge in [-0.3, -0.25) is 0 Å². The molecule has 1 aromatic heterocycles. The number of anilines is 2. The number of nitrogens with two attached hydrogens (primary N) is 1. The molecule has 3 rings (SSSR count). The quantitative estimate of drug-likeness (QED) is 0.927. The van der Waals surface area contributed by atoms with Crippen LogP contribution in [0.4, 0.5) is 11.9 Å². The van der Waals surface area contributed by atoms with E-state index in [1.165, 1.54) is 12.8 Å². The van der Waals surface area contributed by atoms with Crippen LogP contribution < -0.4 is 15.4 Å². The number of benzene rings is 1. The number of hydrogen-bond acceptors (Lipinski definition) is 6. The molecule has 0 atom stereocenters. The Hall–Kier alpha value is -2.37. The summed E-state index contributed by atoms with van der Waals surface area (Å²) in [6.45, 7) is 4.57. The van der Waals surface area contributed by atoms with Crippen LogP contribution in [-0.2, 0) is 0 Å². The van der Waals surface area contributed by atoms with Gasteiger partial charge in [-0.25, -0.2) is 0 Å². The molecule has 0 saturated carbocycles. The van der Waals surface area contributed by atoms with Gasteiger partial charge in [0, 0.05) is 18.7 Å².